The van der Waals surface area contributed by atoms with Crippen LogP contribution in [0.25, 0.3) is 16.5 Å². The highest BCUT2D eigenvalue weighted by atomic mass is 32.2. The molecule has 0 aliphatic carbocycles. The number of fused-ring (bicyclic) bond motifs is 2. The van der Waals surface area contributed by atoms with Crippen LogP contribution in [0.5, 0.6) is 5.75 Å². The van der Waals surface area contributed by atoms with Crippen molar-refractivity contribution in [2.75, 3.05) is 5.75 Å². The van der Waals surface area contributed by atoms with Gasteiger partial charge in [-0.1, -0.05) is 60.3 Å². The highest BCUT2D eigenvalue weighted by Crippen LogP contribution is 2.25. The zero-order valence-corrected chi connectivity index (χ0v) is 18.0. The van der Waals surface area contributed by atoms with E-state index in [1.165, 1.54) is 11.8 Å². The van der Waals surface area contributed by atoms with E-state index < -0.39 is 5.63 Å². The first-order valence-corrected chi connectivity index (χ1v) is 11.2. The molecule has 2 aromatic heterocycles. The second-order valence-corrected chi connectivity index (χ2v) is 8.29. The number of H-pyrrole nitrogens is 1. The third kappa shape index (κ3) is 3.60. The van der Waals surface area contributed by atoms with Crippen molar-refractivity contribution in [1.29, 1.82) is 0 Å². The Morgan fingerprint density at radius 1 is 1.03 bits per heavy atom. The lowest BCUT2D eigenvalue weighted by atomic mass is 10.1. The summed E-state index contributed by atoms with van der Waals surface area (Å²) in [5, 5.41) is 18.6. The number of nitrogens with zero attached hydrogens (tertiary/aromatic N) is 5. The predicted octanol–water partition coefficient (Wildman–Crippen LogP) is 2.93. The fraction of sp³-hybridized carbons (Fsp3) is 0.0870. The maximum absolute atomic E-state index is 12.5. The molecule has 1 aliphatic rings. The van der Waals surface area contributed by atoms with Gasteiger partial charge in [0.15, 0.2) is 11.5 Å². The van der Waals surface area contributed by atoms with Gasteiger partial charge in [0.2, 0.25) is 10.8 Å². The summed E-state index contributed by atoms with van der Waals surface area (Å²) in [6.07, 6.45) is 0. The lowest BCUT2D eigenvalue weighted by molar-refractivity contribution is -0.671. The average Bonchev–Trinajstić information content (AvgIpc) is 3.46. The van der Waals surface area contributed by atoms with Gasteiger partial charge in [0.25, 0.3) is 0 Å². The van der Waals surface area contributed by atoms with Gasteiger partial charge in [0.05, 0.1) is 5.75 Å². The van der Waals surface area contributed by atoms with Crippen LogP contribution in [0, 0.1) is 0 Å². The molecule has 3 aromatic carbocycles. The quantitative estimate of drug-likeness (QED) is 0.407. The number of hydrogen-bond acceptors (Lipinski definition) is 7. The Hall–Kier alpha value is -4.18. The third-order valence-electron chi connectivity index (χ3n) is 5.26. The van der Waals surface area contributed by atoms with Gasteiger partial charge >= 0.3 is 11.3 Å². The van der Waals surface area contributed by atoms with Gasteiger partial charge in [-0.15, -0.1) is 10.2 Å². The number of aromatic amines is 1. The van der Waals surface area contributed by atoms with E-state index in [9.17, 15) is 4.79 Å². The zero-order valence-electron chi connectivity index (χ0n) is 17.2. The van der Waals surface area contributed by atoms with Crippen molar-refractivity contribution in [3.05, 3.63) is 94.7 Å². The van der Waals surface area contributed by atoms with E-state index >= 15 is 0 Å². The standard InChI is InChI=1S/C23H16N6O3S/c30-22-21(28(27-32-22)17-8-2-1-3-9-17)19-14-33-23-25-24-20(29(23)26-19)13-31-18-11-10-15-6-4-5-7-16(15)12-18/h1-12H,13-14H2/p+1. The molecule has 0 amide bonds. The molecule has 0 bridgehead atoms. The number of aromatic nitrogens is 5. The Morgan fingerprint density at radius 3 is 2.73 bits per heavy atom. The lowest BCUT2D eigenvalue weighted by Crippen LogP contribution is -2.42. The summed E-state index contributed by atoms with van der Waals surface area (Å²) in [6, 6.07) is 23.4. The first-order valence-electron chi connectivity index (χ1n) is 10.2. The van der Waals surface area contributed by atoms with Crippen molar-refractivity contribution in [3.8, 4) is 11.4 Å². The van der Waals surface area contributed by atoms with Crippen molar-refractivity contribution >= 4 is 28.2 Å². The first-order chi connectivity index (χ1) is 16.3. The molecule has 3 heterocycles. The van der Waals surface area contributed by atoms with Gasteiger partial charge in [-0.3, -0.25) is 4.52 Å². The molecule has 0 fully saturated rings. The Labute approximate surface area is 191 Å². The molecule has 9 nitrogen and oxygen atoms in total. The maximum atomic E-state index is 12.5. The van der Waals surface area contributed by atoms with Crippen molar-refractivity contribution in [2.24, 2.45) is 5.10 Å². The largest absolute Gasteiger partial charge is 0.486 e. The van der Waals surface area contributed by atoms with Crippen LogP contribution in [0.15, 0.2) is 92.4 Å². The van der Waals surface area contributed by atoms with E-state index in [1.54, 1.807) is 9.36 Å². The number of rotatable bonds is 5. The van der Waals surface area contributed by atoms with Crippen LogP contribution in [-0.4, -0.2) is 31.6 Å². The van der Waals surface area contributed by atoms with Crippen LogP contribution in [0.3, 0.4) is 0 Å². The van der Waals surface area contributed by atoms with Gasteiger partial charge in [-0.2, -0.15) is 9.78 Å². The van der Waals surface area contributed by atoms with Crippen LogP contribution in [0.2, 0.25) is 0 Å². The highest BCUT2D eigenvalue weighted by Gasteiger charge is 2.32. The van der Waals surface area contributed by atoms with Crippen molar-refractivity contribution < 1.29 is 13.9 Å². The Balaban J connectivity index is 1.31. The third-order valence-corrected chi connectivity index (χ3v) is 6.19. The van der Waals surface area contributed by atoms with Crippen LogP contribution in [0.1, 0.15) is 11.5 Å². The fourth-order valence-corrected chi connectivity index (χ4v) is 4.48. The van der Waals surface area contributed by atoms with Crippen LogP contribution in [0.4, 0.5) is 0 Å². The Kier molecular flexibility index (Phi) is 4.76. The molecule has 33 heavy (non-hydrogen) atoms. The molecular formula is C23H17N6O3S+. The average molecular weight is 457 g/mol. The molecule has 162 valence electrons. The summed E-state index contributed by atoms with van der Waals surface area (Å²) in [7, 11) is 0. The minimum atomic E-state index is -0.497. The molecule has 0 saturated heterocycles. The molecule has 0 radical (unpaired) electrons. The van der Waals surface area contributed by atoms with Crippen LogP contribution < -0.4 is 15.0 Å². The summed E-state index contributed by atoms with van der Waals surface area (Å²) >= 11 is 1.45. The second-order valence-electron chi connectivity index (χ2n) is 7.34. The van der Waals surface area contributed by atoms with Gasteiger partial charge in [-0.25, -0.2) is 4.79 Å². The predicted molar refractivity (Wildman–Crippen MR) is 122 cm³/mol. The molecule has 6 rings (SSSR count). The SMILES string of the molecule is O=c1o[nH][n+](-c2ccccc2)c1C1=Nn2c(COc3ccc4ccccc4c3)nnc2SC1. The van der Waals surface area contributed by atoms with Gasteiger partial charge < -0.3 is 4.74 Å². The minimum Gasteiger partial charge on any atom is -0.486 e. The van der Waals surface area contributed by atoms with Crippen molar-refractivity contribution in [2.45, 2.75) is 11.8 Å². The Bertz CT molecular complexity index is 1550. The molecule has 10 heteroatoms. The molecule has 0 atom stereocenters. The molecule has 1 aliphatic heterocycles. The van der Waals surface area contributed by atoms with E-state index in [2.05, 4.69) is 26.6 Å². The van der Waals surface area contributed by atoms with Crippen molar-refractivity contribution in [3.63, 3.8) is 0 Å². The number of hydrogen-bond donors (Lipinski definition) is 1. The second kappa shape index (κ2) is 8.06. The molecular weight excluding hydrogens is 440 g/mol. The first kappa shape index (κ1) is 19.5. The molecule has 5 aromatic rings. The van der Waals surface area contributed by atoms with E-state index in [-0.39, 0.29) is 6.61 Å². The van der Waals surface area contributed by atoms with Gasteiger partial charge in [0, 0.05) is 12.1 Å². The van der Waals surface area contributed by atoms with E-state index in [4.69, 9.17) is 9.26 Å². The van der Waals surface area contributed by atoms with E-state index in [0.717, 1.165) is 22.2 Å². The van der Waals surface area contributed by atoms with Crippen molar-refractivity contribution in [1.82, 2.24) is 20.1 Å². The Morgan fingerprint density at radius 2 is 1.85 bits per heavy atom. The van der Waals surface area contributed by atoms with Gasteiger partial charge in [-0.05, 0) is 32.9 Å². The molecule has 0 spiro atoms. The summed E-state index contributed by atoms with van der Waals surface area (Å²) < 4.78 is 14.2. The number of para-hydroxylation sites is 1. The fourth-order valence-electron chi connectivity index (χ4n) is 3.66. The maximum Gasteiger partial charge on any atom is 0.437 e. The molecule has 0 saturated carbocycles. The van der Waals surface area contributed by atoms with E-state index in [0.29, 0.717) is 28.1 Å². The number of ether oxygens (including phenoxy) is 1. The monoisotopic (exact) mass is 457 g/mol. The number of benzene rings is 3. The molecule has 0 unspecified atom stereocenters. The number of nitrogens with one attached hydrogen (secondary N) is 1. The molecule has 1 N–H and O–H groups in total. The lowest BCUT2D eigenvalue weighted by Gasteiger charge is -2.11. The summed E-state index contributed by atoms with van der Waals surface area (Å²) in [5.41, 5.74) is 1.15. The normalized spacial score (nSPS) is 13.0. The summed E-state index contributed by atoms with van der Waals surface area (Å²) in [6.45, 7) is 0.184. The van der Waals surface area contributed by atoms with Crippen LogP contribution >= 0.6 is 11.8 Å². The smallest absolute Gasteiger partial charge is 0.437 e. The summed E-state index contributed by atoms with van der Waals surface area (Å²) in [4.78, 5) is 12.5. The highest BCUT2D eigenvalue weighted by molar-refractivity contribution is 7.99. The minimum absolute atomic E-state index is 0.184. The summed E-state index contributed by atoms with van der Waals surface area (Å²) in [5.74, 6) is 1.72. The van der Waals surface area contributed by atoms with Gasteiger partial charge in [0.1, 0.15) is 12.4 Å². The topological polar surface area (TPSA) is 102 Å². The van der Waals surface area contributed by atoms with E-state index in [1.807, 2.05) is 66.7 Å². The number of thioether (sulfide) groups is 1. The zero-order chi connectivity index (χ0) is 22.2. The van der Waals surface area contributed by atoms with Crippen LogP contribution in [-0.2, 0) is 6.61 Å².